The van der Waals surface area contributed by atoms with Crippen molar-refractivity contribution in [2.75, 3.05) is 13.2 Å². The molecule has 1 fully saturated rings. The lowest BCUT2D eigenvalue weighted by Crippen LogP contribution is -2.67. The number of rotatable bonds is 14. The minimum atomic E-state index is -2.93. The number of hydrogen-bond acceptors (Lipinski definition) is 7. The molecule has 0 aromatic heterocycles. The fourth-order valence-electron chi connectivity index (χ4n) is 6.32. The summed E-state index contributed by atoms with van der Waals surface area (Å²) >= 11 is 0. The molecule has 1 saturated heterocycles. The lowest BCUT2D eigenvalue weighted by molar-refractivity contribution is -0.130. The Bertz CT molecular complexity index is 1650. The zero-order valence-electron chi connectivity index (χ0n) is 30.3. The maximum atomic E-state index is 13.6. The first-order valence-electron chi connectivity index (χ1n) is 17.2. The lowest BCUT2D eigenvalue weighted by Gasteiger charge is -2.43. The minimum absolute atomic E-state index is 0.0612. The highest BCUT2D eigenvalue weighted by atomic mass is 28.4. The van der Waals surface area contributed by atoms with Crippen molar-refractivity contribution in [2.45, 2.75) is 89.6 Å². The monoisotopic (exact) mass is 711 g/mol. The van der Waals surface area contributed by atoms with Crippen LogP contribution in [0.15, 0.2) is 108 Å². The summed E-state index contributed by atoms with van der Waals surface area (Å²) in [7, 11) is -2.93. The quantitative estimate of drug-likeness (QED) is 0.0624. The molecule has 0 saturated carbocycles. The van der Waals surface area contributed by atoms with E-state index in [0.29, 0.717) is 12.8 Å². The van der Waals surface area contributed by atoms with Crippen LogP contribution in [0, 0.1) is 0 Å². The molecule has 0 unspecified atom stereocenters. The van der Waals surface area contributed by atoms with Gasteiger partial charge in [-0.3, -0.25) is 4.79 Å². The second kappa shape index (κ2) is 17.3. The van der Waals surface area contributed by atoms with E-state index in [0.717, 1.165) is 20.8 Å². The van der Waals surface area contributed by atoms with Gasteiger partial charge in [-0.15, -0.1) is 0 Å². The molecule has 4 rings (SSSR count). The fourth-order valence-corrected chi connectivity index (χ4v) is 10.9. The number of azide groups is 1. The van der Waals surface area contributed by atoms with Gasteiger partial charge in [-0.2, -0.15) is 0 Å². The summed E-state index contributed by atoms with van der Waals surface area (Å²) in [6, 6.07) is 27.7. The van der Waals surface area contributed by atoms with Crippen LogP contribution in [-0.4, -0.2) is 68.3 Å². The summed E-state index contributed by atoms with van der Waals surface area (Å²) in [5.41, 5.74) is 9.55. The molecule has 1 aliphatic rings. The lowest BCUT2D eigenvalue weighted by atomic mass is 10.0. The van der Waals surface area contributed by atoms with E-state index >= 15 is 0 Å². The SMILES string of the molecule is CC(C)(C)OC(=O)N[C@H](/C=C\CC[C@@H](N=[N+]=[N-])C(=O)N1C(=O)OC[C@H]1Cc1ccccc1)CO[Si](c1ccccc1)(c1ccccc1)C(C)(C)C. The third kappa shape index (κ3) is 10.3. The Morgan fingerprint density at radius 2 is 1.55 bits per heavy atom. The number of imide groups is 1. The molecule has 3 aromatic carbocycles. The van der Waals surface area contributed by atoms with E-state index in [2.05, 4.69) is 60.4 Å². The van der Waals surface area contributed by atoms with Crippen molar-refractivity contribution in [3.8, 4) is 0 Å². The summed E-state index contributed by atoms with van der Waals surface area (Å²) in [6.45, 7) is 12.1. The number of hydrogen-bond donors (Lipinski definition) is 1. The average Bonchev–Trinajstić information content (AvgIpc) is 3.45. The molecule has 1 heterocycles. The van der Waals surface area contributed by atoms with E-state index < -0.39 is 50.1 Å². The van der Waals surface area contributed by atoms with Crippen LogP contribution >= 0.6 is 0 Å². The predicted octanol–water partition coefficient (Wildman–Crippen LogP) is 7.06. The number of nitrogens with zero attached hydrogens (tertiary/aromatic N) is 4. The molecule has 0 aliphatic carbocycles. The van der Waals surface area contributed by atoms with Crippen molar-refractivity contribution in [1.29, 1.82) is 0 Å². The van der Waals surface area contributed by atoms with E-state index in [-0.39, 0.29) is 24.7 Å². The minimum Gasteiger partial charge on any atom is -0.447 e. The van der Waals surface area contributed by atoms with Gasteiger partial charge in [0, 0.05) is 4.91 Å². The highest BCUT2D eigenvalue weighted by Crippen LogP contribution is 2.37. The summed E-state index contributed by atoms with van der Waals surface area (Å²) < 4.78 is 17.9. The largest absolute Gasteiger partial charge is 0.447 e. The molecule has 0 bridgehead atoms. The standard InChI is InChI=1S/C39H49N5O6Si/c1-38(2,3)50-36(46)41-30(27-49-51(39(4,5)6,32-21-12-8-13-22-32)33-23-14-9-15-24-33)20-16-17-25-34(42-43-40)35(45)44-31(28-48-37(44)47)26-29-18-10-7-11-19-29/h7-16,18-24,30-31,34H,17,25-28H2,1-6H3,(H,41,46)/b20-16-/t30-,31-,34-/m1/s1. The molecule has 0 radical (unpaired) electrons. The van der Waals surface area contributed by atoms with Crippen molar-refractivity contribution >= 4 is 36.8 Å². The van der Waals surface area contributed by atoms with Gasteiger partial charge in [-0.25, -0.2) is 14.5 Å². The second-order valence-corrected chi connectivity index (χ2v) is 18.9. The Morgan fingerprint density at radius 1 is 0.980 bits per heavy atom. The van der Waals surface area contributed by atoms with Gasteiger partial charge in [0.05, 0.1) is 18.7 Å². The maximum absolute atomic E-state index is 13.6. The number of carbonyl (C=O) groups is 3. The van der Waals surface area contributed by atoms with Crippen LogP contribution in [0.25, 0.3) is 10.4 Å². The molecule has 1 aliphatic heterocycles. The Kier molecular flexibility index (Phi) is 13.2. The third-order valence-corrected chi connectivity index (χ3v) is 13.6. The van der Waals surface area contributed by atoms with Crippen molar-refractivity contribution in [3.05, 3.63) is 119 Å². The Morgan fingerprint density at radius 3 is 2.08 bits per heavy atom. The topological polar surface area (TPSA) is 143 Å². The number of benzene rings is 3. The van der Waals surface area contributed by atoms with Crippen LogP contribution in [0.3, 0.4) is 0 Å². The molecule has 51 heavy (non-hydrogen) atoms. The molecule has 12 heteroatoms. The zero-order chi connectivity index (χ0) is 37.1. The molecular formula is C39H49N5O6Si. The number of ether oxygens (including phenoxy) is 2. The van der Waals surface area contributed by atoms with E-state index in [1.165, 1.54) is 0 Å². The molecule has 3 atom stereocenters. The maximum Gasteiger partial charge on any atom is 0.416 e. The summed E-state index contributed by atoms with van der Waals surface area (Å²) in [6.07, 6.45) is 3.14. The summed E-state index contributed by atoms with van der Waals surface area (Å²) in [5, 5.41) is 8.62. The fraction of sp³-hybridized carbons (Fsp3) is 0.410. The molecule has 270 valence electrons. The van der Waals surface area contributed by atoms with Gasteiger partial charge in [0.2, 0.25) is 5.91 Å². The number of alkyl carbamates (subject to hydrolysis) is 1. The second-order valence-electron chi connectivity index (χ2n) is 14.6. The highest BCUT2D eigenvalue weighted by molar-refractivity contribution is 6.99. The number of amides is 3. The van der Waals surface area contributed by atoms with Crippen LogP contribution in [0.4, 0.5) is 9.59 Å². The Balaban J connectivity index is 1.55. The molecule has 11 nitrogen and oxygen atoms in total. The van der Waals surface area contributed by atoms with Crippen molar-refractivity contribution in [2.24, 2.45) is 5.11 Å². The molecule has 3 aromatic rings. The average molecular weight is 712 g/mol. The first-order valence-corrected chi connectivity index (χ1v) is 19.1. The Labute approximate surface area is 301 Å². The van der Waals surface area contributed by atoms with Crippen LogP contribution in [0.2, 0.25) is 5.04 Å². The van der Waals surface area contributed by atoms with Crippen LogP contribution < -0.4 is 15.7 Å². The first kappa shape index (κ1) is 38.9. The predicted molar refractivity (Wildman–Crippen MR) is 200 cm³/mol. The van der Waals surface area contributed by atoms with Gasteiger partial charge in [-0.05, 0) is 66.5 Å². The highest BCUT2D eigenvalue weighted by Gasteiger charge is 2.50. The van der Waals surface area contributed by atoms with Crippen molar-refractivity contribution < 1.29 is 28.3 Å². The van der Waals surface area contributed by atoms with Gasteiger partial charge in [-0.1, -0.05) is 129 Å². The first-order chi connectivity index (χ1) is 24.2. The van der Waals surface area contributed by atoms with E-state index in [4.69, 9.17) is 13.9 Å². The van der Waals surface area contributed by atoms with E-state index in [1.807, 2.05) is 78.9 Å². The number of nitrogens with one attached hydrogen (secondary N) is 1. The summed E-state index contributed by atoms with van der Waals surface area (Å²) in [5.74, 6) is -0.608. The van der Waals surface area contributed by atoms with Crippen molar-refractivity contribution in [3.63, 3.8) is 0 Å². The van der Waals surface area contributed by atoms with Crippen LogP contribution in [0.5, 0.6) is 0 Å². The van der Waals surface area contributed by atoms with Gasteiger partial charge in [0.25, 0.3) is 8.32 Å². The van der Waals surface area contributed by atoms with Crippen LogP contribution in [-0.2, 0) is 25.1 Å². The third-order valence-electron chi connectivity index (χ3n) is 8.56. The van der Waals surface area contributed by atoms with Crippen LogP contribution in [0.1, 0.15) is 59.9 Å². The zero-order valence-corrected chi connectivity index (χ0v) is 31.3. The van der Waals surface area contributed by atoms with Gasteiger partial charge in [0.15, 0.2) is 0 Å². The normalized spacial score (nSPS) is 16.2. The Hall–Kier alpha value is -4.90. The van der Waals surface area contributed by atoms with Gasteiger partial charge < -0.3 is 19.2 Å². The number of cyclic esters (lactones) is 1. The molecule has 1 N–H and O–H groups in total. The van der Waals surface area contributed by atoms with Gasteiger partial charge in [0.1, 0.15) is 18.2 Å². The number of carbonyl (C=O) groups excluding carboxylic acids is 3. The number of allylic oxidation sites excluding steroid dienone is 1. The van der Waals surface area contributed by atoms with Crippen molar-refractivity contribution in [1.82, 2.24) is 10.2 Å². The smallest absolute Gasteiger partial charge is 0.416 e. The van der Waals surface area contributed by atoms with E-state index in [9.17, 15) is 19.9 Å². The molecule has 0 spiro atoms. The molecular weight excluding hydrogens is 663 g/mol. The van der Waals surface area contributed by atoms with Gasteiger partial charge >= 0.3 is 12.2 Å². The molecule has 3 amide bonds. The van der Waals surface area contributed by atoms with E-state index in [1.54, 1.807) is 20.8 Å². The summed E-state index contributed by atoms with van der Waals surface area (Å²) in [4.78, 5) is 43.2.